The number of alkyl halides is 3. The standard InChI is InChI=1S/C13H11F3N2O/c1-18-7-8(12(17)19)6-11(18)9-4-2-3-5-10(9)13(14,15)16/h2-7H,1H3,(H2,17,19). The predicted molar refractivity (Wildman–Crippen MR) is 64.4 cm³/mol. The Morgan fingerprint density at radius 2 is 1.89 bits per heavy atom. The molecule has 100 valence electrons. The molecule has 19 heavy (non-hydrogen) atoms. The van der Waals surface area contributed by atoms with Crippen LogP contribution in [0.5, 0.6) is 0 Å². The van der Waals surface area contributed by atoms with Gasteiger partial charge in [0.1, 0.15) is 0 Å². The quantitative estimate of drug-likeness (QED) is 0.894. The Hall–Kier alpha value is -2.24. The average Bonchev–Trinajstić information content (AvgIpc) is 2.70. The average molecular weight is 268 g/mol. The molecule has 0 unspecified atom stereocenters. The van der Waals surface area contributed by atoms with Crippen LogP contribution in [0, 0.1) is 0 Å². The number of primary amides is 1. The Morgan fingerprint density at radius 3 is 2.42 bits per heavy atom. The first-order chi connectivity index (χ1) is 8.80. The van der Waals surface area contributed by atoms with E-state index in [-0.39, 0.29) is 11.1 Å². The molecule has 1 heterocycles. The van der Waals surface area contributed by atoms with E-state index in [4.69, 9.17) is 5.73 Å². The van der Waals surface area contributed by atoms with Crippen molar-refractivity contribution < 1.29 is 18.0 Å². The van der Waals surface area contributed by atoms with Gasteiger partial charge in [0, 0.05) is 24.5 Å². The van der Waals surface area contributed by atoms with Crippen LogP contribution >= 0.6 is 0 Å². The van der Waals surface area contributed by atoms with Crippen LogP contribution < -0.4 is 5.73 Å². The lowest BCUT2D eigenvalue weighted by Gasteiger charge is -2.13. The zero-order chi connectivity index (χ0) is 14.2. The maximum absolute atomic E-state index is 12.9. The number of aryl methyl sites for hydroxylation is 1. The van der Waals surface area contributed by atoms with Gasteiger partial charge in [-0.2, -0.15) is 13.2 Å². The van der Waals surface area contributed by atoms with Gasteiger partial charge in [-0.1, -0.05) is 18.2 Å². The van der Waals surface area contributed by atoms with E-state index in [1.54, 1.807) is 7.05 Å². The fourth-order valence-corrected chi connectivity index (χ4v) is 1.92. The molecule has 2 rings (SSSR count). The molecule has 0 radical (unpaired) electrons. The largest absolute Gasteiger partial charge is 0.417 e. The summed E-state index contributed by atoms with van der Waals surface area (Å²) in [5.74, 6) is -0.675. The third-order valence-corrected chi connectivity index (χ3v) is 2.80. The third-order valence-electron chi connectivity index (χ3n) is 2.80. The lowest BCUT2D eigenvalue weighted by Crippen LogP contribution is -2.09. The molecule has 0 saturated heterocycles. The molecular weight excluding hydrogens is 257 g/mol. The van der Waals surface area contributed by atoms with Crippen LogP contribution in [0.3, 0.4) is 0 Å². The Balaban J connectivity index is 2.63. The maximum atomic E-state index is 12.9. The lowest BCUT2D eigenvalue weighted by atomic mass is 10.0. The molecule has 0 aliphatic rings. The fourth-order valence-electron chi connectivity index (χ4n) is 1.92. The van der Waals surface area contributed by atoms with E-state index in [0.29, 0.717) is 5.69 Å². The number of benzene rings is 1. The number of nitrogens with zero attached hydrogens (tertiary/aromatic N) is 1. The monoisotopic (exact) mass is 268 g/mol. The smallest absolute Gasteiger partial charge is 0.366 e. The fraction of sp³-hybridized carbons (Fsp3) is 0.154. The van der Waals surface area contributed by atoms with Gasteiger partial charge in [0.05, 0.1) is 11.1 Å². The summed E-state index contributed by atoms with van der Waals surface area (Å²) in [5, 5.41) is 0. The number of carbonyl (C=O) groups excluding carboxylic acids is 1. The van der Waals surface area contributed by atoms with Gasteiger partial charge in [0.2, 0.25) is 5.91 Å². The van der Waals surface area contributed by atoms with E-state index in [2.05, 4.69) is 0 Å². The van der Waals surface area contributed by atoms with Crippen molar-refractivity contribution in [3.05, 3.63) is 47.7 Å². The summed E-state index contributed by atoms with van der Waals surface area (Å²) in [5.41, 5.74) is 4.87. The Kier molecular flexibility index (Phi) is 3.09. The lowest BCUT2D eigenvalue weighted by molar-refractivity contribution is -0.137. The van der Waals surface area contributed by atoms with Crippen LogP contribution in [0.1, 0.15) is 15.9 Å². The second-order valence-electron chi connectivity index (χ2n) is 4.13. The van der Waals surface area contributed by atoms with Crippen molar-refractivity contribution in [2.75, 3.05) is 0 Å². The van der Waals surface area contributed by atoms with Crippen molar-refractivity contribution in [2.45, 2.75) is 6.18 Å². The molecule has 2 N–H and O–H groups in total. The molecule has 6 heteroatoms. The van der Waals surface area contributed by atoms with Crippen LogP contribution in [-0.2, 0) is 13.2 Å². The van der Waals surface area contributed by atoms with Crippen molar-refractivity contribution >= 4 is 5.91 Å². The van der Waals surface area contributed by atoms with Crippen molar-refractivity contribution in [1.82, 2.24) is 4.57 Å². The molecule has 0 bridgehead atoms. The van der Waals surface area contributed by atoms with E-state index in [1.165, 1.54) is 35.0 Å². The SMILES string of the molecule is Cn1cc(C(N)=O)cc1-c1ccccc1C(F)(F)F. The first kappa shape index (κ1) is 13.2. The summed E-state index contributed by atoms with van der Waals surface area (Å²) < 4.78 is 40.2. The summed E-state index contributed by atoms with van der Waals surface area (Å²) in [7, 11) is 1.56. The number of halogens is 3. The normalized spacial score (nSPS) is 11.6. The minimum Gasteiger partial charge on any atom is -0.366 e. The first-order valence-corrected chi connectivity index (χ1v) is 5.43. The minimum atomic E-state index is -4.45. The second kappa shape index (κ2) is 4.46. The van der Waals surface area contributed by atoms with E-state index in [0.717, 1.165) is 6.07 Å². The van der Waals surface area contributed by atoms with Gasteiger partial charge in [-0.25, -0.2) is 0 Å². The van der Waals surface area contributed by atoms with Gasteiger partial charge in [-0.3, -0.25) is 4.79 Å². The Bertz CT molecular complexity index is 629. The molecule has 0 spiro atoms. The highest BCUT2D eigenvalue weighted by molar-refractivity contribution is 5.94. The molecule has 3 nitrogen and oxygen atoms in total. The molecule has 0 atom stereocenters. The van der Waals surface area contributed by atoms with Gasteiger partial charge >= 0.3 is 6.18 Å². The number of nitrogens with two attached hydrogens (primary N) is 1. The molecule has 0 aliphatic heterocycles. The van der Waals surface area contributed by atoms with Gasteiger partial charge in [0.15, 0.2) is 0 Å². The highest BCUT2D eigenvalue weighted by atomic mass is 19.4. The molecule has 0 fully saturated rings. The topological polar surface area (TPSA) is 48.0 Å². The molecule has 1 aromatic carbocycles. The van der Waals surface area contributed by atoms with E-state index >= 15 is 0 Å². The van der Waals surface area contributed by atoms with Gasteiger partial charge in [0.25, 0.3) is 0 Å². The van der Waals surface area contributed by atoms with Crippen molar-refractivity contribution in [3.8, 4) is 11.3 Å². The highest BCUT2D eigenvalue weighted by Gasteiger charge is 2.33. The van der Waals surface area contributed by atoms with Crippen LogP contribution in [0.2, 0.25) is 0 Å². The van der Waals surface area contributed by atoms with Gasteiger partial charge in [-0.05, 0) is 12.1 Å². The molecular formula is C13H11F3N2O. The zero-order valence-electron chi connectivity index (χ0n) is 10.0. The molecule has 1 aromatic heterocycles. The van der Waals surface area contributed by atoms with Crippen LogP contribution in [0.4, 0.5) is 13.2 Å². The second-order valence-corrected chi connectivity index (χ2v) is 4.13. The van der Waals surface area contributed by atoms with Crippen LogP contribution in [0.15, 0.2) is 36.5 Å². The summed E-state index contributed by atoms with van der Waals surface area (Å²) in [6.07, 6.45) is -3.04. The number of amides is 1. The number of aromatic nitrogens is 1. The van der Waals surface area contributed by atoms with E-state index in [1.807, 2.05) is 0 Å². The zero-order valence-corrected chi connectivity index (χ0v) is 10.0. The number of carbonyl (C=O) groups is 1. The maximum Gasteiger partial charge on any atom is 0.417 e. The highest BCUT2D eigenvalue weighted by Crippen LogP contribution is 2.37. The summed E-state index contributed by atoms with van der Waals surface area (Å²) in [4.78, 5) is 11.1. The minimum absolute atomic E-state index is 0.0185. The summed E-state index contributed by atoms with van der Waals surface area (Å²) in [6, 6.07) is 6.56. The molecule has 2 aromatic rings. The summed E-state index contributed by atoms with van der Waals surface area (Å²) >= 11 is 0. The molecule has 0 saturated carbocycles. The number of hydrogen-bond acceptors (Lipinski definition) is 1. The number of rotatable bonds is 2. The first-order valence-electron chi connectivity index (χ1n) is 5.43. The van der Waals surface area contributed by atoms with Gasteiger partial charge < -0.3 is 10.3 Å². The predicted octanol–water partition coefficient (Wildman–Crippen LogP) is 2.81. The van der Waals surface area contributed by atoms with Crippen LogP contribution in [0.25, 0.3) is 11.3 Å². The molecule has 1 amide bonds. The van der Waals surface area contributed by atoms with Crippen molar-refractivity contribution in [2.24, 2.45) is 12.8 Å². The van der Waals surface area contributed by atoms with Crippen molar-refractivity contribution in [3.63, 3.8) is 0 Å². The number of hydrogen-bond donors (Lipinski definition) is 1. The Morgan fingerprint density at radius 1 is 1.26 bits per heavy atom. The van der Waals surface area contributed by atoms with Gasteiger partial charge in [-0.15, -0.1) is 0 Å². The third kappa shape index (κ3) is 2.47. The van der Waals surface area contributed by atoms with E-state index in [9.17, 15) is 18.0 Å². The Labute approximate surface area is 107 Å². The van der Waals surface area contributed by atoms with Crippen molar-refractivity contribution in [1.29, 1.82) is 0 Å². The summed E-state index contributed by atoms with van der Waals surface area (Å²) in [6.45, 7) is 0. The molecule has 0 aliphatic carbocycles. The van der Waals surface area contributed by atoms with Crippen LogP contribution in [-0.4, -0.2) is 10.5 Å². The van der Waals surface area contributed by atoms with E-state index < -0.39 is 17.6 Å².